The van der Waals surface area contributed by atoms with Crippen molar-refractivity contribution >= 4 is 27.5 Å². The van der Waals surface area contributed by atoms with Gasteiger partial charge in [-0.15, -0.1) is 11.6 Å². The van der Waals surface area contributed by atoms with Crippen molar-refractivity contribution in [2.75, 3.05) is 0 Å². The molecule has 2 heteroatoms. The maximum Gasteiger partial charge on any atom is 0.0836 e. The summed E-state index contributed by atoms with van der Waals surface area (Å²) in [5.74, 6) is 0. The smallest absolute Gasteiger partial charge is 0.0836 e. The average Bonchev–Trinajstić information content (AvgIpc) is 2.45. The number of aryl methyl sites for hydroxylation is 3. The summed E-state index contributed by atoms with van der Waals surface area (Å²) in [5.41, 5.74) is 6.61. The van der Waals surface area contributed by atoms with E-state index in [1.165, 1.54) is 47.9 Å². The summed E-state index contributed by atoms with van der Waals surface area (Å²) in [5, 5.41) is -0.0709. The second kappa shape index (κ2) is 5.91. The van der Waals surface area contributed by atoms with Crippen molar-refractivity contribution in [1.29, 1.82) is 0 Å². The number of halogens is 2. The van der Waals surface area contributed by atoms with Crippen LogP contribution in [0.3, 0.4) is 0 Å². The molecule has 3 rings (SSSR count). The zero-order chi connectivity index (χ0) is 14.1. The van der Waals surface area contributed by atoms with E-state index in [-0.39, 0.29) is 5.38 Å². The second-order valence-electron chi connectivity index (χ2n) is 5.66. The lowest BCUT2D eigenvalue weighted by Gasteiger charge is -2.19. The number of hydrogen-bond acceptors (Lipinski definition) is 0. The minimum absolute atomic E-state index is 0.0709. The van der Waals surface area contributed by atoms with Crippen molar-refractivity contribution in [3.05, 3.63) is 68.7 Å². The van der Waals surface area contributed by atoms with Crippen LogP contribution < -0.4 is 0 Å². The molecule has 1 aliphatic carbocycles. The molecule has 20 heavy (non-hydrogen) atoms. The average molecular weight is 350 g/mol. The summed E-state index contributed by atoms with van der Waals surface area (Å²) >= 11 is 10.3. The van der Waals surface area contributed by atoms with E-state index in [9.17, 15) is 0 Å². The third-order valence-electron chi connectivity index (χ3n) is 4.02. The molecule has 1 aliphatic rings. The van der Waals surface area contributed by atoms with E-state index in [1.807, 2.05) is 0 Å². The lowest BCUT2D eigenvalue weighted by Crippen LogP contribution is -2.04. The fourth-order valence-corrected chi connectivity index (χ4v) is 3.90. The van der Waals surface area contributed by atoms with Crippen LogP contribution in [0.15, 0.2) is 40.9 Å². The molecule has 0 saturated heterocycles. The maximum atomic E-state index is 6.70. The molecule has 0 fully saturated rings. The molecule has 0 amide bonds. The zero-order valence-electron chi connectivity index (χ0n) is 11.6. The van der Waals surface area contributed by atoms with Gasteiger partial charge in [-0.25, -0.2) is 0 Å². The van der Waals surface area contributed by atoms with E-state index in [4.69, 9.17) is 11.6 Å². The Kier molecular flexibility index (Phi) is 4.18. The Bertz CT molecular complexity index is 613. The number of rotatable bonds is 2. The minimum atomic E-state index is -0.0709. The van der Waals surface area contributed by atoms with E-state index < -0.39 is 0 Å². The van der Waals surface area contributed by atoms with Gasteiger partial charge in [0.1, 0.15) is 0 Å². The molecule has 0 aromatic heterocycles. The monoisotopic (exact) mass is 348 g/mol. The van der Waals surface area contributed by atoms with Gasteiger partial charge in [0.25, 0.3) is 0 Å². The van der Waals surface area contributed by atoms with E-state index in [2.05, 4.69) is 59.3 Å². The fourth-order valence-electron chi connectivity index (χ4n) is 3.01. The number of fused-ring (bicyclic) bond motifs is 1. The standard InChI is InChI=1S/C18H18BrCl/c1-12-8-16(11-17(19)9-12)18(20)15-7-6-13-4-2-3-5-14(13)10-15/h6-11,18H,2-5H2,1H3. The Morgan fingerprint density at radius 1 is 0.950 bits per heavy atom. The van der Waals surface area contributed by atoms with Crippen LogP contribution in [-0.2, 0) is 12.8 Å². The van der Waals surface area contributed by atoms with Gasteiger partial charge in [-0.3, -0.25) is 0 Å². The molecule has 104 valence electrons. The molecule has 0 radical (unpaired) electrons. The van der Waals surface area contributed by atoms with Gasteiger partial charge in [0.15, 0.2) is 0 Å². The summed E-state index contributed by atoms with van der Waals surface area (Å²) < 4.78 is 1.09. The second-order valence-corrected chi connectivity index (χ2v) is 7.01. The van der Waals surface area contributed by atoms with E-state index in [1.54, 1.807) is 0 Å². The molecule has 0 nitrogen and oxygen atoms in total. The van der Waals surface area contributed by atoms with Crippen LogP contribution in [0, 0.1) is 6.92 Å². The van der Waals surface area contributed by atoms with E-state index in [0.29, 0.717) is 0 Å². The van der Waals surface area contributed by atoms with Gasteiger partial charge in [-0.2, -0.15) is 0 Å². The number of benzene rings is 2. The summed E-state index contributed by atoms with van der Waals surface area (Å²) in [7, 11) is 0. The molecule has 0 bridgehead atoms. The Morgan fingerprint density at radius 2 is 1.70 bits per heavy atom. The van der Waals surface area contributed by atoms with Crippen molar-refractivity contribution in [2.24, 2.45) is 0 Å². The van der Waals surface area contributed by atoms with Gasteiger partial charge in [0.2, 0.25) is 0 Å². The Labute approximate surface area is 134 Å². The third-order valence-corrected chi connectivity index (χ3v) is 4.98. The van der Waals surface area contributed by atoms with Crippen LogP contribution >= 0.6 is 27.5 Å². The van der Waals surface area contributed by atoms with Gasteiger partial charge in [0, 0.05) is 4.47 Å². The first-order chi connectivity index (χ1) is 9.63. The Hall–Kier alpha value is -0.790. The molecule has 1 atom stereocenters. The van der Waals surface area contributed by atoms with Gasteiger partial charge in [0.05, 0.1) is 5.38 Å². The molecule has 0 N–H and O–H groups in total. The highest BCUT2D eigenvalue weighted by molar-refractivity contribution is 9.10. The first-order valence-electron chi connectivity index (χ1n) is 7.16. The van der Waals surface area contributed by atoms with Gasteiger partial charge in [-0.1, -0.05) is 40.2 Å². The molecule has 2 aromatic rings. The van der Waals surface area contributed by atoms with Crippen LogP contribution in [0.2, 0.25) is 0 Å². The fraction of sp³-hybridized carbons (Fsp3) is 0.333. The predicted molar refractivity (Wildman–Crippen MR) is 89.7 cm³/mol. The van der Waals surface area contributed by atoms with Crippen LogP contribution in [0.1, 0.15) is 46.0 Å². The zero-order valence-corrected chi connectivity index (χ0v) is 14.0. The van der Waals surface area contributed by atoms with E-state index >= 15 is 0 Å². The quantitative estimate of drug-likeness (QED) is 0.586. The largest absolute Gasteiger partial charge is 0.113 e. The van der Waals surface area contributed by atoms with Crippen molar-refractivity contribution in [3.8, 4) is 0 Å². The summed E-state index contributed by atoms with van der Waals surface area (Å²) in [6.45, 7) is 2.10. The Morgan fingerprint density at radius 3 is 2.45 bits per heavy atom. The number of alkyl halides is 1. The highest BCUT2D eigenvalue weighted by atomic mass is 79.9. The van der Waals surface area contributed by atoms with Crippen LogP contribution in [0.4, 0.5) is 0 Å². The van der Waals surface area contributed by atoms with Gasteiger partial charge in [-0.05, 0) is 72.6 Å². The molecular formula is C18H18BrCl. The molecule has 0 heterocycles. The lowest BCUT2D eigenvalue weighted by molar-refractivity contribution is 0.684. The van der Waals surface area contributed by atoms with Crippen molar-refractivity contribution < 1.29 is 0 Å². The summed E-state index contributed by atoms with van der Waals surface area (Å²) in [6.07, 6.45) is 5.05. The molecule has 0 spiro atoms. The van der Waals surface area contributed by atoms with Gasteiger partial charge < -0.3 is 0 Å². The molecular weight excluding hydrogens is 332 g/mol. The minimum Gasteiger partial charge on any atom is -0.113 e. The van der Waals surface area contributed by atoms with Gasteiger partial charge >= 0.3 is 0 Å². The molecule has 2 aromatic carbocycles. The third kappa shape index (κ3) is 2.94. The predicted octanol–water partition coefficient (Wildman–Crippen LogP) is 5.96. The van der Waals surface area contributed by atoms with Crippen molar-refractivity contribution in [3.63, 3.8) is 0 Å². The van der Waals surface area contributed by atoms with Crippen LogP contribution in [0.25, 0.3) is 0 Å². The Balaban J connectivity index is 1.95. The topological polar surface area (TPSA) is 0 Å². The highest BCUT2D eigenvalue weighted by Gasteiger charge is 2.15. The first-order valence-corrected chi connectivity index (χ1v) is 8.39. The SMILES string of the molecule is Cc1cc(Br)cc(C(Cl)c2ccc3c(c2)CCCC3)c1. The lowest BCUT2D eigenvalue weighted by atomic mass is 9.89. The normalized spacial score (nSPS) is 15.8. The maximum absolute atomic E-state index is 6.70. The van der Waals surface area contributed by atoms with Crippen molar-refractivity contribution in [1.82, 2.24) is 0 Å². The molecule has 0 saturated carbocycles. The number of hydrogen-bond donors (Lipinski definition) is 0. The van der Waals surface area contributed by atoms with Crippen LogP contribution in [-0.4, -0.2) is 0 Å². The summed E-state index contributed by atoms with van der Waals surface area (Å²) in [6, 6.07) is 13.2. The first kappa shape index (κ1) is 14.2. The summed E-state index contributed by atoms with van der Waals surface area (Å²) in [4.78, 5) is 0. The van der Waals surface area contributed by atoms with Crippen LogP contribution in [0.5, 0.6) is 0 Å². The highest BCUT2D eigenvalue weighted by Crippen LogP contribution is 2.33. The van der Waals surface area contributed by atoms with E-state index in [0.717, 1.165) is 10.0 Å². The molecule has 0 aliphatic heterocycles. The van der Waals surface area contributed by atoms with Crippen molar-refractivity contribution in [2.45, 2.75) is 38.0 Å². The molecule has 1 unspecified atom stereocenters.